The highest BCUT2D eigenvalue weighted by atomic mass is 32.2. The van der Waals surface area contributed by atoms with E-state index in [-0.39, 0.29) is 5.69 Å². The maximum atomic E-state index is 14.0. The van der Waals surface area contributed by atoms with Crippen molar-refractivity contribution in [2.24, 2.45) is 0 Å². The minimum Gasteiger partial charge on any atom is -0.392 e. The maximum absolute atomic E-state index is 14.0. The molecule has 2 unspecified atom stereocenters. The van der Waals surface area contributed by atoms with Crippen LogP contribution in [-0.4, -0.2) is 29.4 Å². The molecule has 0 bridgehead atoms. The SMILES string of the molecule is O=S(=O)(Nc1cc(-n2cccc2)ccc1F)C1CCCCC1O. The van der Waals surface area contributed by atoms with Crippen molar-refractivity contribution in [3.8, 4) is 5.69 Å². The predicted octanol–water partition coefficient (Wildman–Crippen LogP) is 2.66. The summed E-state index contributed by atoms with van der Waals surface area (Å²) in [5.41, 5.74) is 0.548. The highest BCUT2D eigenvalue weighted by Gasteiger charge is 2.34. The average Bonchev–Trinajstić information content (AvgIpc) is 3.04. The normalized spacial score (nSPS) is 22.0. The molecule has 124 valence electrons. The first-order chi connectivity index (χ1) is 11.0. The second-order valence-electron chi connectivity index (χ2n) is 5.79. The number of hydrogen-bond donors (Lipinski definition) is 2. The van der Waals surface area contributed by atoms with Gasteiger partial charge in [0.1, 0.15) is 11.1 Å². The average molecular weight is 338 g/mol. The standard InChI is InChI=1S/C16H19FN2O3S/c17-13-8-7-12(19-9-3-4-10-19)11-14(13)18-23(21,22)16-6-2-1-5-15(16)20/h3-4,7-11,15-16,18,20H,1-2,5-6H2. The molecule has 1 aliphatic rings. The second kappa shape index (κ2) is 6.33. The van der Waals surface area contributed by atoms with E-state index in [1.165, 1.54) is 12.1 Å². The molecule has 1 fully saturated rings. The Morgan fingerprint density at radius 1 is 1.17 bits per heavy atom. The van der Waals surface area contributed by atoms with E-state index >= 15 is 0 Å². The molecule has 23 heavy (non-hydrogen) atoms. The van der Waals surface area contributed by atoms with Gasteiger partial charge in [0.25, 0.3) is 0 Å². The number of hydrogen-bond acceptors (Lipinski definition) is 3. The van der Waals surface area contributed by atoms with Gasteiger partial charge in [-0.25, -0.2) is 12.8 Å². The van der Waals surface area contributed by atoms with Gasteiger partial charge in [0.2, 0.25) is 10.0 Å². The number of rotatable bonds is 4. The van der Waals surface area contributed by atoms with Gasteiger partial charge >= 0.3 is 0 Å². The highest BCUT2D eigenvalue weighted by Crippen LogP contribution is 2.27. The molecule has 1 heterocycles. The predicted molar refractivity (Wildman–Crippen MR) is 86.5 cm³/mol. The van der Waals surface area contributed by atoms with Crippen molar-refractivity contribution in [1.82, 2.24) is 4.57 Å². The van der Waals surface area contributed by atoms with Crippen molar-refractivity contribution in [3.63, 3.8) is 0 Å². The highest BCUT2D eigenvalue weighted by molar-refractivity contribution is 7.93. The molecule has 0 radical (unpaired) electrons. The van der Waals surface area contributed by atoms with E-state index in [0.717, 1.165) is 12.8 Å². The molecule has 0 aliphatic heterocycles. The van der Waals surface area contributed by atoms with Crippen LogP contribution in [0.4, 0.5) is 10.1 Å². The third kappa shape index (κ3) is 3.40. The van der Waals surface area contributed by atoms with Gasteiger partial charge in [-0.3, -0.25) is 4.72 Å². The fourth-order valence-corrected chi connectivity index (χ4v) is 4.57. The Bertz CT molecular complexity index is 775. The van der Waals surface area contributed by atoms with Crippen LogP contribution in [0, 0.1) is 5.82 Å². The van der Waals surface area contributed by atoms with Gasteiger partial charge in [-0.1, -0.05) is 12.8 Å². The van der Waals surface area contributed by atoms with E-state index in [1.807, 2.05) is 12.1 Å². The van der Waals surface area contributed by atoms with E-state index in [2.05, 4.69) is 4.72 Å². The van der Waals surface area contributed by atoms with Crippen LogP contribution < -0.4 is 4.72 Å². The number of halogens is 1. The molecule has 2 aromatic rings. The molecule has 5 nitrogen and oxygen atoms in total. The molecule has 2 N–H and O–H groups in total. The monoisotopic (exact) mass is 338 g/mol. The quantitative estimate of drug-likeness (QED) is 0.900. The Morgan fingerprint density at radius 3 is 2.57 bits per heavy atom. The first kappa shape index (κ1) is 16.0. The summed E-state index contributed by atoms with van der Waals surface area (Å²) in [4.78, 5) is 0. The minimum atomic E-state index is -3.84. The molecule has 0 saturated heterocycles. The lowest BCUT2D eigenvalue weighted by molar-refractivity contribution is 0.133. The first-order valence-electron chi connectivity index (χ1n) is 7.60. The van der Waals surface area contributed by atoms with Crippen molar-refractivity contribution >= 4 is 15.7 Å². The van der Waals surface area contributed by atoms with Crippen molar-refractivity contribution in [1.29, 1.82) is 0 Å². The summed E-state index contributed by atoms with van der Waals surface area (Å²) in [6.45, 7) is 0. The maximum Gasteiger partial charge on any atom is 0.238 e. The minimum absolute atomic E-state index is 0.103. The van der Waals surface area contributed by atoms with E-state index in [9.17, 15) is 17.9 Å². The first-order valence-corrected chi connectivity index (χ1v) is 9.14. The summed E-state index contributed by atoms with van der Waals surface area (Å²) < 4.78 is 43.0. The van der Waals surface area contributed by atoms with Crippen LogP contribution in [0.1, 0.15) is 25.7 Å². The van der Waals surface area contributed by atoms with Crippen molar-refractivity contribution < 1.29 is 17.9 Å². The summed E-state index contributed by atoms with van der Waals surface area (Å²) in [6.07, 6.45) is 5.07. The number of nitrogens with zero attached hydrogens (tertiary/aromatic N) is 1. The number of nitrogens with one attached hydrogen (secondary N) is 1. The van der Waals surface area contributed by atoms with Gasteiger partial charge in [-0.05, 0) is 43.2 Å². The zero-order chi connectivity index (χ0) is 16.4. The van der Waals surface area contributed by atoms with Gasteiger partial charge < -0.3 is 9.67 Å². The molecule has 1 saturated carbocycles. The topological polar surface area (TPSA) is 71.3 Å². The Labute approximate surface area is 134 Å². The summed E-state index contributed by atoms with van der Waals surface area (Å²) in [7, 11) is -3.84. The summed E-state index contributed by atoms with van der Waals surface area (Å²) in [5.74, 6) is -0.644. The van der Waals surface area contributed by atoms with E-state index in [0.29, 0.717) is 18.5 Å². The zero-order valence-corrected chi connectivity index (χ0v) is 13.3. The third-order valence-corrected chi connectivity index (χ3v) is 6.02. The fraction of sp³-hybridized carbons (Fsp3) is 0.375. The van der Waals surface area contributed by atoms with Gasteiger partial charge in [0.15, 0.2) is 0 Å². The van der Waals surface area contributed by atoms with Crippen LogP contribution in [-0.2, 0) is 10.0 Å². The summed E-state index contributed by atoms with van der Waals surface area (Å²) in [6, 6.07) is 7.90. The van der Waals surface area contributed by atoms with Crippen LogP contribution in [0.3, 0.4) is 0 Å². The van der Waals surface area contributed by atoms with Crippen molar-refractivity contribution in [2.45, 2.75) is 37.0 Å². The number of anilines is 1. The molecular formula is C16H19FN2O3S. The van der Waals surface area contributed by atoms with Crippen molar-refractivity contribution in [2.75, 3.05) is 4.72 Å². The summed E-state index contributed by atoms with van der Waals surface area (Å²) in [5, 5.41) is 9.04. The van der Waals surface area contributed by atoms with E-state index in [4.69, 9.17) is 0 Å². The number of sulfonamides is 1. The van der Waals surface area contributed by atoms with E-state index < -0.39 is 27.2 Å². The number of benzene rings is 1. The number of aromatic nitrogens is 1. The lowest BCUT2D eigenvalue weighted by Crippen LogP contribution is -2.40. The number of aliphatic hydroxyl groups is 1. The largest absolute Gasteiger partial charge is 0.392 e. The van der Waals surface area contributed by atoms with Gasteiger partial charge in [0, 0.05) is 18.1 Å². The molecule has 1 aliphatic carbocycles. The Hall–Kier alpha value is -1.86. The smallest absolute Gasteiger partial charge is 0.238 e. The molecule has 2 atom stereocenters. The second-order valence-corrected chi connectivity index (χ2v) is 7.69. The molecular weight excluding hydrogens is 319 g/mol. The van der Waals surface area contributed by atoms with Crippen molar-refractivity contribution in [3.05, 3.63) is 48.5 Å². The lowest BCUT2D eigenvalue weighted by Gasteiger charge is -2.27. The van der Waals surface area contributed by atoms with Gasteiger partial charge in [-0.15, -0.1) is 0 Å². The van der Waals surface area contributed by atoms with Gasteiger partial charge in [-0.2, -0.15) is 0 Å². The molecule has 0 amide bonds. The third-order valence-electron chi connectivity index (χ3n) is 4.17. The summed E-state index contributed by atoms with van der Waals surface area (Å²) >= 11 is 0. The van der Waals surface area contributed by atoms with Crippen LogP contribution in [0.25, 0.3) is 5.69 Å². The van der Waals surface area contributed by atoms with Crippen LogP contribution in [0.2, 0.25) is 0 Å². The molecule has 0 spiro atoms. The number of aliphatic hydroxyl groups excluding tert-OH is 1. The Kier molecular flexibility index (Phi) is 4.41. The van der Waals surface area contributed by atoms with Crippen LogP contribution >= 0.6 is 0 Å². The van der Waals surface area contributed by atoms with E-state index in [1.54, 1.807) is 23.0 Å². The fourth-order valence-electron chi connectivity index (χ4n) is 2.93. The molecule has 1 aromatic carbocycles. The van der Waals surface area contributed by atoms with Crippen LogP contribution in [0.5, 0.6) is 0 Å². The molecule has 1 aromatic heterocycles. The van der Waals surface area contributed by atoms with Crippen LogP contribution in [0.15, 0.2) is 42.7 Å². The molecule has 3 rings (SSSR count). The Morgan fingerprint density at radius 2 is 1.87 bits per heavy atom. The molecule has 7 heteroatoms. The Balaban J connectivity index is 1.88. The zero-order valence-electron chi connectivity index (χ0n) is 12.5. The lowest BCUT2D eigenvalue weighted by atomic mass is 9.97. The van der Waals surface area contributed by atoms with Gasteiger partial charge in [0.05, 0.1) is 11.8 Å².